The van der Waals surface area contributed by atoms with Gasteiger partial charge in [0.25, 0.3) is 11.8 Å². The molecule has 7 nitrogen and oxygen atoms in total. The van der Waals surface area contributed by atoms with Crippen LogP contribution in [0.3, 0.4) is 0 Å². The molecule has 2 aromatic rings. The summed E-state index contributed by atoms with van der Waals surface area (Å²) in [5, 5.41) is 10.3. The molecule has 0 aliphatic heterocycles. The molecule has 0 amide bonds. The first-order valence-corrected chi connectivity index (χ1v) is 4.36. The van der Waals surface area contributed by atoms with Crippen molar-refractivity contribution in [1.82, 2.24) is 20.0 Å². The number of carbonyl (C=O) groups is 1. The quantitative estimate of drug-likeness (QED) is 0.478. The molecule has 0 aromatic carbocycles. The number of carbonyl (C=O) groups excluding carboxylic acids is 1. The monoisotopic (exact) mass is 270 g/mol. The normalized spacial score (nSPS) is 10.5. The van der Waals surface area contributed by atoms with Crippen molar-refractivity contribution in [2.24, 2.45) is 0 Å². The van der Waals surface area contributed by atoms with Crippen molar-refractivity contribution in [3.63, 3.8) is 0 Å². The van der Waals surface area contributed by atoms with Crippen molar-refractivity contribution in [2.45, 2.75) is 12.7 Å². The molecular formula is C8H6F3LiN4O3. The van der Waals surface area contributed by atoms with Gasteiger partial charge in [-0.25, -0.2) is 0 Å². The third-order valence-electron chi connectivity index (χ3n) is 1.76. The molecule has 2 aromatic heterocycles. The first-order valence-electron chi connectivity index (χ1n) is 4.36. The maximum Gasteiger partial charge on any atom is 1.00 e. The van der Waals surface area contributed by atoms with Crippen LogP contribution in [0.4, 0.5) is 13.2 Å². The van der Waals surface area contributed by atoms with E-state index in [4.69, 9.17) is 4.42 Å². The molecule has 0 unspecified atom stereocenters. The molecule has 0 radical (unpaired) electrons. The third-order valence-corrected chi connectivity index (χ3v) is 1.76. The molecule has 0 saturated heterocycles. The van der Waals surface area contributed by atoms with Gasteiger partial charge < -0.3 is 9.89 Å². The van der Waals surface area contributed by atoms with E-state index in [-0.39, 0.29) is 41.7 Å². The predicted molar refractivity (Wildman–Crippen MR) is 48.9 cm³/mol. The van der Waals surface area contributed by atoms with Gasteiger partial charge in [-0.15, -0.1) is 10.2 Å². The van der Waals surface area contributed by atoms with Crippen molar-refractivity contribution < 1.29 is 46.7 Å². The molecule has 0 bridgehead atoms. The summed E-state index contributed by atoms with van der Waals surface area (Å²) in [7, 11) is 0. The Hall–Kier alpha value is -1.63. The van der Waals surface area contributed by atoms with Crippen molar-refractivity contribution in [1.29, 1.82) is 0 Å². The Morgan fingerprint density at radius 2 is 2.05 bits per heavy atom. The summed E-state index contributed by atoms with van der Waals surface area (Å²) in [4.78, 5) is 10.3. The summed E-state index contributed by atoms with van der Waals surface area (Å²) in [5.41, 5.74) is 0.217. The van der Waals surface area contributed by atoms with Gasteiger partial charge in [-0.2, -0.15) is 18.3 Å². The first kappa shape index (κ1) is 17.4. The Morgan fingerprint density at radius 1 is 1.37 bits per heavy atom. The second-order valence-corrected chi connectivity index (χ2v) is 3.11. The van der Waals surface area contributed by atoms with Crippen LogP contribution in [0.15, 0.2) is 16.8 Å². The Labute approximate surface area is 116 Å². The minimum Gasteiger partial charge on any atom is -0.870 e. The molecule has 2 rings (SSSR count). The van der Waals surface area contributed by atoms with Gasteiger partial charge in [-0.3, -0.25) is 9.48 Å². The number of alkyl halides is 3. The molecule has 0 saturated carbocycles. The van der Waals surface area contributed by atoms with Gasteiger partial charge in [0.2, 0.25) is 6.29 Å². The molecule has 0 aliphatic carbocycles. The molecule has 0 spiro atoms. The molecule has 19 heavy (non-hydrogen) atoms. The fourth-order valence-corrected chi connectivity index (χ4v) is 1.14. The fourth-order valence-electron chi connectivity index (χ4n) is 1.14. The van der Waals surface area contributed by atoms with E-state index >= 15 is 0 Å². The van der Waals surface area contributed by atoms with Gasteiger partial charge in [0.05, 0.1) is 11.8 Å². The van der Waals surface area contributed by atoms with E-state index < -0.39 is 12.7 Å². The van der Waals surface area contributed by atoms with E-state index in [1.54, 1.807) is 0 Å². The summed E-state index contributed by atoms with van der Waals surface area (Å²) in [6.07, 6.45) is -1.76. The van der Waals surface area contributed by atoms with Crippen LogP contribution in [0.5, 0.6) is 0 Å². The zero-order valence-electron chi connectivity index (χ0n) is 9.63. The van der Waals surface area contributed by atoms with Crippen LogP contribution in [-0.2, 0) is 6.54 Å². The van der Waals surface area contributed by atoms with Gasteiger partial charge >= 0.3 is 25.0 Å². The van der Waals surface area contributed by atoms with E-state index in [9.17, 15) is 18.0 Å². The Balaban J connectivity index is 0.00000162. The van der Waals surface area contributed by atoms with E-state index in [1.165, 1.54) is 0 Å². The zero-order chi connectivity index (χ0) is 12.5. The number of aromatic nitrogens is 4. The van der Waals surface area contributed by atoms with Crippen LogP contribution < -0.4 is 18.9 Å². The Morgan fingerprint density at radius 3 is 2.58 bits per heavy atom. The summed E-state index contributed by atoms with van der Waals surface area (Å²) < 4.78 is 41.7. The third kappa shape index (κ3) is 4.51. The van der Waals surface area contributed by atoms with Crippen LogP contribution in [0, 0.1) is 0 Å². The first-order chi connectivity index (χ1) is 7.98. The SMILES string of the molecule is O=Cc1nnc(-c2cnn(CC(F)(F)F)c2)o1.[Li+].[OH-]. The van der Waals surface area contributed by atoms with Crippen molar-refractivity contribution in [2.75, 3.05) is 0 Å². The van der Waals surface area contributed by atoms with E-state index in [2.05, 4.69) is 15.3 Å². The van der Waals surface area contributed by atoms with Gasteiger partial charge in [0.15, 0.2) is 0 Å². The van der Waals surface area contributed by atoms with Crippen molar-refractivity contribution in [3.05, 3.63) is 18.3 Å². The summed E-state index contributed by atoms with van der Waals surface area (Å²) in [6.45, 7) is -1.21. The minimum atomic E-state index is -4.36. The predicted octanol–water partition coefficient (Wildman–Crippen LogP) is -1.86. The standard InChI is InChI=1S/C8H5F3N4O2.Li.H2O/c9-8(10,11)4-15-2-5(1-12-15)7-14-13-6(3-16)17-7;;/h1-3H,4H2;;1H2/q;+1;/p-1. The van der Waals surface area contributed by atoms with Crippen LogP contribution in [-0.4, -0.2) is 37.9 Å². The molecule has 2 heterocycles. The zero-order valence-corrected chi connectivity index (χ0v) is 9.63. The van der Waals surface area contributed by atoms with E-state index in [0.717, 1.165) is 12.4 Å². The Kier molecular flexibility index (Phi) is 5.95. The second-order valence-electron chi connectivity index (χ2n) is 3.11. The van der Waals surface area contributed by atoms with Gasteiger partial charge in [0, 0.05) is 6.20 Å². The van der Waals surface area contributed by atoms with Gasteiger partial charge in [-0.1, -0.05) is 0 Å². The van der Waals surface area contributed by atoms with E-state index in [0.29, 0.717) is 11.0 Å². The number of aldehydes is 1. The molecular weight excluding hydrogens is 264 g/mol. The molecule has 0 aliphatic rings. The molecule has 0 atom stereocenters. The van der Waals surface area contributed by atoms with Crippen LogP contribution in [0.25, 0.3) is 11.5 Å². The maximum atomic E-state index is 12.1. The topological polar surface area (TPSA) is 104 Å². The van der Waals surface area contributed by atoms with Crippen LogP contribution >= 0.6 is 0 Å². The number of halogens is 3. The second kappa shape index (κ2) is 6.51. The number of rotatable bonds is 3. The summed E-state index contributed by atoms with van der Waals surface area (Å²) in [6, 6.07) is 0. The number of hydrogen-bond donors (Lipinski definition) is 0. The molecule has 11 heteroatoms. The molecule has 98 valence electrons. The summed E-state index contributed by atoms with van der Waals surface area (Å²) in [5.74, 6) is -0.302. The van der Waals surface area contributed by atoms with E-state index in [1.807, 2.05) is 0 Å². The Bertz CT molecular complexity index is 539. The summed E-state index contributed by atoms with van der Waals surface area (Å²) >= 11 is 0. The average Bonchev–Trinajstić information content (AvgIpc) is 2.82. The van der Waals surface area contributed by atoms with Crippen LogP contribution in [0.2, 0.25) is 0 Å². The smallest absolute Gasteiger partial charge is 0.870 e. The van der Waals surface area contributed by atoms with Crippen molar-refractivity contribution >= 4 is 6.29 Å². The van der Waals surface area contributed by atoms with Crippen LogP contribution in [0.1, 0.15) is 10.7 Å². The fraction of sp³-hybridized carbons (Fsp3) is 0.250. The maximum absolute atomic E-state index is 12.1. The van der Waals surface area contributed by atoms with Gasteiger partial charge in [0.1, 0.15) is 6.54 Å². The van der Waals surface area contributed by atoms with Crippen molar-refractivity contribution in [3.8, 4) is 11.5 Å². The largest absolute Gasteiger partial charge is 1.00 e. The number of nitrogens with zero attached hydrogens (tertiary/aromatic N) is 4. The molecule has 0 fully saturated rings. The molecule has 1 N–H and O–H groups in total. The number of hydrogen-bond acceptors (Lipinski definition) is 6. The van der Waals surface area contributed by atoms with Gasteiger partial charge in [-0.05, 0) is 0 Å². The minimum absolute atomic E-state index is 0. The average molecular weight is 270 g/mol.